The van der Waals surface area contributed by atoms with Gasteiger partial charge in [-0.15, -0.1) is 0 Å². The van der Waals surface area contributed by atoms with Gasteiger partial charge in [0, 0.05) is 5.56 Å². The summed E-state index contributed by atoms with van der Waals surface area (Å²) in [5.74, 6) is -0.153. The van der Waals surface area contributed by atoms with Crippen LogP contribution in [0.15, 0.2) is 37.4 Å². The summed E-state index contributed by atoms with van der Waals surface area (Å²) in [6.07, 6.45) is 4.03. The molecule has 0 radical (unpaired) electrons. The van der Waals surface area contributed by atoms with Gasteiger partial charge in [0.25, 0.3) is 0 Å². The van der Waals surface area contributed by atoms with Gasteiger partial charge in [-0.2, -0.15) is 0 Å². The smallest absolute Gasteiger partial charge is 0.189 e. The van der Waals surface area contributed by atoms with Gasteiger partial charge in [0.1, 0.15) is 5.75 Å². The molecule has 0 bridgehead atoms. The Kier molecular flexibility index (Phi) is 5.91. The van der Waals surface area contributed by atoms with E-state index in [1.807, 2.05) is 19.9 Å². The Morgan fingerprint density at radius 3 is 2.20 bits per heavy atom. The molecule has 0 atom stereocenters. The van der Waals surface area contributed by atoms with Crippen molar-refractivity contribution in [3.8, 4) is 5.75 Å². The van der Waals surface area contributed by atoms with Crippen LogP contribution in [0.4, 0.5) is 0 Å². The van der Waals surface area contributed by atoms with Crippen molar-refractivity contribution in [1.82, 2.24) is 0 Å². The van der Waals surface area contributed by atoms with Crippen LogP contribution in [0.2, 0.25) is 0 Å². The van der Waals surface area contributed by atoms with Crippen molar-refractivity contribution in [3.05, 3.63) is 54.1 Å². The number of hydrogen-bond donors (Lipinski definition) is 0. The Labute approximate surface area is 120 Å². The van der Waals surface area contributed by atoms with Gasteiger partial charge < -0.3 is 4.74 Å². The highest BCUT2D eigenvalue weighted by Crippen LogP contribution is 2.28. The molecule has 1 aromatic rings. The second-order valence-corrected chi connectivity index (χ2v) is 4.29. The minimum absolute atomic E-state index is 0.264. The number of aryl methyl sites for hydroxylation is 1. The highest BCUT2D eigenvalue weighted by Gasteiger charge is 2.22. The Balaban J connectivity index is 3.62. The van der Waals surface area contributed by atoms with Crippen LogP contribution < -0.4 is 4.74 Å². The molecule has 0 amide bonds. The minimum atomic E-state index is -0.309. The van der Waals surface area contributed by atoms with E-state index in [0.29, 0.717) is 17.9 Å². The fourth-order valence-corrected chi connectivity index (χ4v) is 2.11. The summed E-state index contributed by atoms with van der Waals surface area (Å²) < 4.78 is 5.47. The van der Waals surface area contributed by atoms with Crippen LogP contribution in [0.5, 0.6) is 5.75 Å². The van der Waals surface area contributed by atoms with Crippen molar-refractivity contribution < 1.29 is 14.3 Å². The van der Waals surface area contributed by atoms with Crippen LogP contribution in [-0.2, 0) is 6.42 Å². The number of ether oxygens (including phenoxy) is 1. The number of carbonyl (C=O) groups excluding carboxylic acids is 2. The topological polar surface area (TPSA) is 43.4 Å². The first-order valence-electron chi connectivity index (χ1n) is 6.72. The molecule has 0 spiro atoms. The molecule has 0 saturated carbocycles. The van der Waals surface area contributed by atoms with E-state index in [0.717, 1.165) is 18.4 Å². The first-order chi connectivity index (χ1) is 9.60. The summed E-state index contributed by atoms with van der Waals surface area (Å²) in [6, 6.07) is 3.58. The zero-order valence-corrected chi connectivity index (χ0v) is 12.1. The summed E-state index contributed by atoms with van der Waals surface area (Å²) >= 11 is 0. The summed E-state index contributed by atoms with van der Waals surface area (Å²) in [5, 5.41) is 0. The molecular weight excluding hydrogens is 252 g/mol. The third-order valence-electron chi connectivity index (χ3n) is 2.94. The molecule has 0 aliphatic heterocycles. The first kappa shape index (κ1) is 15.9. The third kappa shape index (κ3) is 3.23. The van der Waals surface area contributed by atoms with Crippen LogP contribution in [0, 0.1) is 0 Å². The lowest BCUT2D eigenvalue weighted by molar-refractivity contribution is 0.101. The van der Waals surface area contributed by atoms with Gasteiger partial charge >= 0.3 is 0 Å². The van der Waals surface area contributed by atoms with Crippen molar-refractivity contribution >= 4 is 11.6 Å². The van der Waals surface area contributed by atoms with Crippen LogP contribution in [0.3, 0.4) is 0 Å². The van der Waals surface area contributed by atoms with E-state index in [9.17, 15) is 9.59 Å². The molecule has 0 fully saturated rings. The zero-order chi connectivity index (χ0) is 15.1. The normalized spacial score (nSPS) is 9.90. The maximum Gasteiger partial charge on any atom is 0.189 e. The molecule has 1 rings (SSSR count). The Morgan fingerprint density at radius 1 is 1.10 bits per heavy atom. The molecule has 3 nitrogen and oxygen atoms in total. The van der Waals surface area contributed by atoms with Crippen molar-refractivity contribution in [2.75, 3.05) is 6.61 Å². The van der Waals surface area contributed by atoms with E-state index in [4.69, 9.17) is 4.74 Å². The largest absolute Gasteiger partial charge is 0.493 e. The molecule has 0 heterocycles. The molecular formula is C17H20O3. The van der Waals surface area contributed by atoms with Gasteiger partial charge in [-0.3, -0.25) is 9.59 Å². The quantitative estimate of drug-likeness (QED) is 0.534. The van der Waals surface area contributed by atoms with Crippen LogP contribution in [0.1, 0.15) is 46.5 Å². The molecule has 1 aromatic carbocycles. The van der Waals surface area contributed by atoms with Crippen LogP contribution in [0.25, 0.3) is 0 Å². The molecule has 106 valence electrons. The van der Waals surface area contributed by atoms with E-state index in [-0.39, 0.29) is 17.1 Å². The van der Waals surface area contributed by atoms with E-state index < -0.39 is 0 Å². The van der Waals surface area contributed by atoms with Crippen molar-refractivity contribution in [2.24, 2.45) is 0 Å². The van der Waals surface area contributed by atoms with Crippen LogP contribution in [-0.4, -0.2) is 18.2 Å². The van der Waals surface area contributed by atoms with Gasteiger partial charge in [0.2, 0.25) is 0 Å². The number of allylic oxidation sites excluding steroid dienone is 2. The van der Waals surface area contributed by atoms with E-state index in [2.05, 4.69) is 13.2 Å². The van der Waals surface area contributed by atoms with Gasteiger partial charge in [0.15, 0.2) is 11.6 Å². The minimum Gasteiger partial charge on any atom is -0.493 e. The second-order valence-electron chi connectivity index (χ2n) is 4.29. The summed E-state index contributed by atoms with van der Waals surface area (Å²) in [5.41, 5.74) is 1.52. The summed E-state index contributed by atoms with van der Waals surface area (Å²) in [4.78, 5) is 24.3. The number of hydrogen-bond acceptors (Lipinski definition) is 3. The standard InChI is InChI=1S/C17H20O3/c1-5-9-12-10-11-15(20-8-4)17(14(19)7-3)16(12)13(18)6-2/h6-7,10-11H,2-3,5,8-9H2,1,4H3. The molecule has 0 aromatic heterocycles. The summed E-state index contributed by atoms with van der Waals surface area (Å²) in [6.45, 7) is 11.3. The van der Waals surface area contributed by atoms with Gasteiger partial charge in [-0.25, -0.2) is 0 Å². The zero-order valence-electron chi connectivity index (χ0n) is 12.1. The first-order valence-corrected chi connectivity index (χ1v) is 6.72. The van der Waals surface area contributed by atoms with Gasteiger partial charge in [-0.05, 0) is 37.1 Å². The fraction of sp³-hybridized carbons (Fsp3) is 0.294. The molecule has 0 aliphatic rings. The van der Waals surface area contributed by atoms with Gasteiger partial charge in [0.05, 0.1) is 12.2 Å². The van der Waals surface area contributed by atoms with Crippen LogP contribution >= 0.6 is 0 Å². The Bertz CT molecular complexity index is 492. The summed E-state index contributed by atoms with van der Waals surface area (Å²) in [7, 11) is 0. The Morgan fingerprint density at radius 2 is 1.70 bits per heavy atom. The van der Waals surface area contributed by atoms with E-state index >= 15 is 0 Å². The molecule has 0 unspecified atom stereocenters. The SMILES string of the molecule is C=CC(=O)c1c(CCC)ccc(OCC)c1C(=O)C=C. The monoisotopic (exact) mass is 272 g/mol. The molecule has 0 aliphatic carbocycles. The predicted molar refractivity (Wildman–Crippen MR) is 80.7 cm³/mol. The second kappa shape index (κ2) is 7.43. The Hall–Kier alpha value is -2.16. The number of benzene rings is 1. The highest BCUT2D eigenvalue weighted by atomic mass is 16.5. The number of rotatable bonds is 8. The molecule has 0 saturated heterocycles. The maximum atomic E-state index is 12.1. The van der Waals surface area contributed by atoms with E-state index in [1.54, 1.807) is 6.07 Å². The molecule has 20 heavy (non-hydrogen) atoms. The van der Waals surface area contributed by atoms with Crippen molar-refractivity contribution in [2.45, 2.75) is 26.7 Å². The predicted octanol–water partition coefficient (Wildman–Crippen LogP) is 3.78. The average Bonchev–Trinajstić information content (AvgIpc) is 2.47. The number of carbonyl (C=O) groups is 2. The van der Waals surface area contributed by atoms with Gasteiger partial charge in [-0.1, -0.05) is 32.6 Å². The fourth-order valence-electron chi connectivity index (χ4n) is 2.11. The lowest BCUT2D eigenvalue weighted by Gasteiger charge is -2.15. The lowest BCUT2D eigenvalue weighted by Crippen LogP contribution is -2.12. The average molecular weight is 272 g/mol. The van der Waals surface area contributed by atoms with E-state index in [1.165, 1.54) is 12.2 Å². The third-order valence-corrected chi connectivity index (χ3v) is 2.94. The van der Waals surface area contributed by atoms with Crippen molar-refractivity contribution in [3.63, 3.8) is 0 Å². The lowest BCUT2D eigenvalue weighted by atomic mass is 9.91. The highest BCUT2D eigenvalue weighted by molar-refractivity contribution is 6.17. The molecule has 0 N–H and O–H groups in total. The molecule has 3 heteroatoms. The maximum absolute atomic E-state index is 12.1. The number of ketones is 2. The van der Waals surface area contributed by atoms with Crippen molar-refractivity contribution in [1.29, 1.82) is 0 Å².